The van der Waals surface area contributed by atoms with E-state index in [2.05, 4.69) is 10.3 Å². The summed E-state index contributed by atoms with van der Waals surface area (Å²) in [5.74, 6) is 0.202. The summed E-state index contributed by atoms with van der Waals surface area (Å²) in [6, 6.07) is 4.96. The van der Waals surface area contributed by atoms with Crippen molar-refractivity contribution in [3.05, 3.63) is 45.7 Å². The first-order valence-corrected chi connectivity index (χ1v) is 6.26. The Morgan fingerprint density at radius 3 is 2.63 bits per heavy atom. The molecule has 2 aromatic rings. The predicted octanol–water partition coefficient (Wildman–Crippen LogP) is 3.89. The van der Waals surface area contributed by atoms with Gasteiger partial charge in [0.15, 0.2) is 0 Å². The molecule has 0 atom stereocenters. The van der Waals surface area contributed by atoms with Crippen LogP contribution < -0.4 is 10.1 Å². The summed E-state index contributed by atoms with van der Waals surface area (Å²) in [6.45, 7) is 1.85. The number of aromatic amines is 1. The normalized spacial score (nSPS) is 10.3. The zero-order valence-electron chi connectivity index (χ0n) is 10.4. The molecule has 0 saturated heterocycles. The predicted molar refractivity (Wildman–Crippen MR) is 76.5 cm³/mol. The van der Waals surface area contributed by atoms with Crippen molar-refractivity contribution >= 4 is 34.8 Å². The van der Waals surface area contributed by atoms with Gasteiger partial charge in [-0.05, 0) is 24.6 Å². The number of anilines is 1. The molecule has 6 heteroatoms. The fourth-order valence-electron chi connectivity index (χ4n) is 1.62. The fourth-order valence-corrected chi connectivity index (χ4v) is 1.94. The maximum Gasteiger partial charge on any atom is 0.272 e. The monoisotopic (exact) mass is 298 g/mol. The Kier molecular flexibility index (Phi) is 4.02. The number of H-pyrrole nitrogens is 1. The number of benzene rings is 1. The van der Waals surface area contributed by atoms with Crippen LogP contribution in [0.5, 0.6) is 5.75 Å². The van der Waals surface area contributed by atoms with Crippen molar-refractivity contribution in [3.8, 4) is 5.75 Å². The molecule has 0 aliphatic carbocycles. The zero-order chi connectivity index (χ0) is 14.0. The highest BCUT2D eigenvalue weighted by Gasteiger charge is 2.13. The molecule has 1 aromatic heterocycles. The van der Waals surface area contributed by atoms with Gasteiger partial charge >= 0.3 is 0 Å². The van der Waals surface area contributed by atoms with E-state index < -0.39 is 0 Å². The van der Waals surface area contributed by atoms with E-state index in [0.29, 0.717) is 27.2 Å². The van der Waals surface area contributed by atoms with Gasteiger partial charge in [-0.3, -0.25) is 4.79 Å². The summed E-state index contributed by atoms with van der Waals surface area (Å²) in [7, 11) is 1.52. The largest absolute Gasteiger partial charge is 0.495 e. The second kappa shape index (κ2) is 5.55. The van der Waals surface area contributed by atoms with Gasteiger partial charge in [0, 0.05) is 17.3 Å². The average Bonchev–Trinajstić information content (AvgIpc) is 2.80. The van der Waals surface area contributed by atoms with Crippen LogP contribution >= 0.6 is 23.2 Å². The number of amides is 1. The van der Waals surface area contributed by atoms with E-state index in [-0.39, 0.29) is 5.91 Å². The Hall–Kier alpha value is -1.65. The lowest BCUT2D eigenvalue weighted by Crippen LogP contribution is -2.13. The lowest BCUT2D eigenvalue weighted by atomic mass is 10.2. The molecule has 0 aliphatic rings. The first kappa shape index (κ1) is 13.8. The number of ether oxygens (including phenoxy) is 1. The van der Waals surface area contributed by atoms with E-state index in [1.54, 1.807) is 24.4 Å². The van der Waals surface area contributed by atoms with Crippen molar-refractivity contribution in [2.75, 3.05) is 12.4 Å². The molecule has 0 saturated carbocycles. The SMILES string of the molecule is COc1cc(Cl)c(C)cc1NC(=O)c1cc(Cl)c[nH]1. The highest BCUT2D eigenvalue weighted by molar-refractivity contribution is 6.32. The average molecular weight is 299 g/mol. The van der Waals surface area contributed by atoms with Crippen LogP contribution in [0.1, 0.15) is 16.1 Å². The third kappa shape index (κ3) is 3.03. The van der Waals surface area contributed by atoms with Gasteiger partial charge in [-0.2, -0.15) is 0 Å². The molecule has 4 nitrogen and oxygen atoms in total. The number of nitrogens with one attached hydrogen (secondary N) is 2. The minimum absolute atomic E-state index is 0.299. The summed E-state index contributed by atoms with van der Waals surface area (Å²) in [5.41, 5.74) is 1.78. The van der Waals surface area contributed by atoms with Crippen molar-refractivity contribution in [2.45, 2.75) is 6.92 Å². The Balaban J connectivity index is 2.28. The Morgan fingerprint density at radius 1 is 1.32 bits per heavy atom. The number of hydrogen-bond donors (Lipinski definition) is 2. The lowest BCUT2D eigenvalue weighted by Gasteiger charge is -2.11. The van der Waals surface area contributed by atoms with Gasteiger partial charge in [0.25, 0.3) is 5.91 Å². The smallest absolute Gasteiger partial charge is 0.272 e. The maximum atomic E-state index is 12.0. The van der Waals surface area contributed by atoms with E-state index in [1.807, 2.05) is 6.92 Å². The summed E-state index contributed by atoms with van der Waals surface area (Å²) in [6.07, 6.45) is 1.54. The molecule has 2 N–H and O–H groups in total. The van der Waals surface area contributed by atoms with Crippen molar-refractivity contribution in [1.82, 2.24) is 4.98 Å². The molecule has 19 heavy (non-hydrogen) atoms. The number of rotatable bonds is 3. The maximum absolute atomic E-state index is 12.0. The molecule has 0 radical (unpaired) electrons. The molecular formula is C13H12Cl2N2O2. The molecule has 0 bridgehead atoms. The van der Waals surface area contributed by atoms with Crippen molar-refractivity contribution in [3.63, 3.8) is 0 Å². The zero-order valence-corrected chi connectivity index (χ0v) is 11.9. The van der Waals surface area contributed by atoms with Crippen molar-refractivity contribution in [1.29, 1.82) is 0 Å². The Bertz CT molecular complexity index is 623. The van der Waals surface area contributed by atoms with Gasteiger partial charge in [-0.25, -0.2) is 0 Å². The number of carbonyl (C=O) groups excluding carboxylic acids is 1. The molecule has 100 valence electrons. The van der Waals surface area contributed by atoms with Gasteiger partial charge in [0.2, 0.25) is 0 Å². The number of halogens is 2. The van der Waals surface area contributed by atoms with Crippen LogP contribution in [-0.2, 0) is 0 Å². The Morgan fingerprint density at radius 2 is 2.05 bits per heavy atom. The van der Waals surface area contributed by atoms with E-state index in [4.69, 9.17) is 27.9 Å². The molecule has 1 heterocycles. The summed E-state index contributed by atoms with van der Waals surface area (Å²) < 4.78 is 5.19. The molecule has 0 unspecified atom stereocenters. The van der Waals surface area contributed by atoms with Gasteiger partial charge in [-0.15, -0.1) is 0 Å². The van der Waals surface area contributed by atoms with Crippen LogP contribution in [0, 0.1) is 6.92 Å². The Labute approximate surface area is 120 Å². The quantitative estimate of drug-likeness (QED) is 0.903. The van der Waals surface area contributed by atoms with Crippen LogP contribution in [0.4, 0.5) is 5.69 Å². The molecule has 0 aliphatic heterocycles. The van der Waals surface area contributed by atoms with E-state index in [9.17, 15) is 4.79 Å². The summed E-state index contributed by atoms with van der Waals surface area (Å²) in [4.78, 5) is 14.8. The molecule has 0 fully saturated rings. The minimum Gasteiger partial charge on any atom is -0.495 e. The third-order valence-electron chi connectivity index (χ3n) is 2.62. The van der Waals surface area contributed by atoms with Gasteiger partial charge < -0.3 is 15.0 Å². The summed E-state index contributed by atoms with van der Waals surface area (Å²) >= 11 is 11.8. The standard InChI is InChI=1S/C13H12Cl2N2O2/c1-7-3-10(12(19-2)5-9(7)15)17-13(18)11-4-8(14)6-16-11/h3-6,16H,1-2H3,(H,17,18). The lowest BCUT2D eigenvalue weighted by molar-refractivity contribution is 0.102. The number of aromatic nitrogens is 1. The third-order valence-corrected chi connectivity index (χ3v) is 3.25. The number of aryl methyl sites for hydroxylation is 1. The van der Waals surface area contributed by atoms with Crippen LogP contribution in [-0.4, -0.2) is 18.0 Å². The molecular weight excluding hydrogens is 287 g/mol. The molecule has 1 amide bonds. The number of methoxy groups -OCH3 is 1. The van der Waals surface area contributed by atoms with Crippen LogP contribution in [0.3, 0.4) is 0 Å². The van der Waals surface area contributed by atoms with Crippen molar-refractivity contribution < 1.29 is 9.53 Å². The second-order valence-electron chi connectivity index (χ2n) is 3.99. The van der Waals surface area contributed by atoms with E-state index >= 15 is 0 Å². The first-order chi connectivity index (χ1) is 9.01. The molecule has 2 rings (SSSR count). The minimum atomic E-state index is -0.299. The van der Waals surface area contributed by atoms with Gasteiger partial charge in [0.05, 0.1) is 17.8 Å². The fraction of sp³-hybridized carbons (Fsp3) is 0.154. The topological polar surface area (TPSA) is 54.1 Å². The van der Waals surface area contributed by atoms with Crippen molar-refractivity contribution in [2.24, 2.45) is 0 Å². The summed E-state index contributed by atoms with van der Waals surface area (Å²) in [5, 5.41) is 3.80. The molecule has 1 aromatic carbocycles. The highest BCUT2D eigenvalue weighted by Crippen LogP contribution is 2.31. The molecule has 0 spiro atoms. The highest BCUT2D eigenvalue weighted by atomic mass is 35.5. The first-order valence-electron chi connectivity index (χ1n) is 5.50. The van der Waals surface area contributed by atoms with E-state index in [0.717, 1.165) is 5.56 Å². The number of hydrogen-bond acceptors (Lipinski definition) is 2. The number of carbonyl (C=O) groups is 1. The van der Waals surface area contributed by atoms with Gasteiger partial charge in [-0.1, -0.05) is 23.2 Å². The second-order valence-corrected chi connectivity index (χ2v) is 4.83. The van der Waals surface area contributed by atoms with Crippen LogP contribution in [0.2, 0.25) is 10.0 Å². The van der Waals surface area contributed by atoms with Crippen LogP contribution in [0.25, 0.3) is 0 Å². The van der Waals surface area contributed by atoms with Gasteiger partial charge in [0.1, 0.15) is 11.4 Å². The van der Waals surface area contributed by atoms with Crippen LogP contribution in [0.15, 0.2) is 24.4 Å². The van der Waals surface area contributed by atoms with E-state index in [1.165, 1.54) is 7.11 Å².